The van der Waals surface area contributed by atoms with E-state index in [4.69, 9.17) is 5.73 Å². The van der Waals surface area contributed by atoms with Crippen LogP contribution in [0, 0.1) is 0 Å². The Morgan fingerprint density at radius 1 is 0.944 bits per heavy atom. The topological polar surface area (TPSA) is 38.0 Å². The summed E-state index contributed by atoms with van der Waals surface area (Å²) in [5.74, 6) is 1.07. The highest BCUT2D eigenvalue weighted by molar-refractivity contribution is 7.99. The van der Waals surface area contributed by atoms with Gasteiger partial charge in [0.2, 0.25) is 0 Å². The Balaban J connectivity index is 1.66. The van der Waals surface area contributed by atoms with Gasteiger partial charge in [-0.25, -0.2) is 0 Å². The van der Waals surface area contributed by atoms with Gasteiger partial charge in [0.25, 0.3) is 0 Å². The molecule has 0 amide bonds. The van der Waals surface area contributed by atoms with Crippen molar-refractivity contribution < 1.29 is 0 Å². The average Bonchev–Trinajstić information content (AvgIpc) is 2.42. The van der Waals surface area contributed by atoms with E-state index < -0.39 is 0 Å². The van der Waals surface area contributed by atoms with Gasteiger partial charge in [0, 0.05) is 29.4 Å². The lowest BCUT2D eigenvalue weighted by Crippen LogP contribution is -2.17. The summed E-state index contributed by atoms with van der Waals surface area (Å²) in [7, 11) is 0. The summed E-state index contributed by atoms with van der Waals surface area (Å²) in [6.45, 7) is 1.82. The Labute approximate surface area is 113 Å². The first kappa shape index (κ1) is 13.0. The van der Waals surface area contributed by atoms with E-state index in [0.717, 1.165) is 24.5 Å². The predicted molar refractivity (Wildman–Crippen MR) is 79.7 cm³/mol. The van der Waals surface area contributed by atoms with Crippen LogP contribution in [-0.4, -0.2) is 12.3 Å². The molecule has 94 valence electrons. The van der Waals surface area contributed by atoms with E-state index in [2.05, 4.69) is 35.6 Å². The van der Waals surface area contributed by atoms with Crippen LogP contribution in [0.4, 0.5) is 5.69 Å². The Morgan fingerprint density at radius 3 is 2.44 bits per heavy atom. The van der Waals surface area contributed by atoms with Gasteiger partial charge in [0.05, 0.1) is 0 Å². The SMILES string of the molecule is Nc1ccccc1CNCCSc1ccccc1. The molecule has 0 bridgehead atoms. The van der Waals surface area contributed by atoms with Crippen LogP contribution in [0.3, 0.4) is 0 Å². The van der Waals surface area contributed by atoms with E-state index in [1.165, 1.54) is 10.5 Å². The standard InChI is InChI=1S/C15H18N2S/c16-15-9-5-4-6-13(15)12-17-10-11-18-14-7-2-1-3-8-14/h1-9,17H,10-12,16H2. The Hall–Kier alpha value is -1.45. The fraction of sp³-hybridized carbons (Fsp3) is 0.200. The van der Waals surface area contributed by atoms with Crippen LogP contribution in [-0.2, 0) is 6.54 Å². The zero-order valence-electron chi connectivity index (χ0n) is 10.3. The van der Waals surface area contributed by atoms with Gasteiger partial charge in [-0.15, -0.1) is 11.8 Å². The highest BCUT2D eigenvalue weighted by Crippen LogP contribution is 2.16. The first-order chi connectivity index (χ1) is 8.86. The summed E-state index contributed by atoms with van der Waals surface area (Å²) in [5.41, 5.74) is 7.91. The van der Waals surface area contributed by atoms with Gasteiger partial charge in [0.1, 0.15) is 0 Å². The van der Waals surface area contributed by atoms with Crippen molar-refractivity contribution in [3.8, 4) is 0 Å². The second-order valence-corrected chi connectivity index (χ2v) is 5.21. The molecular formula is C15H18N2S. The Morgan fingerprint density at radius 2 is 1.67 bits per heavy atom. The van der Waals surface area contributed by atoms with Crippen LogP contribution in [0.2, 0.25) is 0 Å². The first-order valence-corrected chi connectivity index (χ1v) is 7.07. The minimum absolute atomic E-state index is 0.835. The number of para-hydroxylation sites is 1. The van der Waals surface area contributed by atoms with E-state index in [9.17, 15) is 0 Å². The molecule has 0 fully saturated rings. The van der Waals surface area contributed by atoms with Gasteiger partial charge in [-0.05, 0) is 23.8 Å². The number of nitrogens with one attached hydrogen (secondary N) is 1. The maximum absolute atomic E-state index is 5.88. The maximum Gasteiger partial charge on any atom is 0.0359 e. The lowest BCUT2D eigenvalue weighted by atomic mass is 10.2. The molecule has 0 aromatic heterocycles. The number of nitrogen functional groups attached to an aromatic ring is 1. The van der Waals surface area contributed by atoms with Gasteiger partial charge in [-0.1, -0.05) is 36.4 Å². The third-order valence-electron chi connectivity index (χ3n) is 2.66. The summed E-state index contributed by atoms with van der Waals surface area (Å²) >= 11 is 1.87. The number of hydrogen-bond acceptors (Lipinski definition) is 3. The van der Waals surface area contributed by atoms with Crippen LogP contribution in [0.1, 0.15) is 5.56 Å². The lowest BCUT2D eigenvalue weighted by Gasteiger charge is -2.07. The molecule has 0 aliphatic heterocycles. The quantitative estimate of drug-likeness (QED) is 0.475. The molecule has 3 heteroatoms. The number of anilines is 1. The van der Waals surface area contributed by atoms with Gasteiger partial charge in [-0.2, -0.15) is 0 Å². The fourth-order valence-corrected chi connectivity index (χ4v) is 2.51. The molecule has 2 aromatic rings. The zero-order chi connectivity index (χ0) is 12.6. The second kappa shape index (κ2) is 7.09. The number of nitrogens with two attached hydrogens (primary N) is 1. The van der Waals surface area contributed by atoms with Crippen molar-refractivity contribution in [2.24, 2.45) is 0 Å². The number of thioether (sulfide) groups is 1. The minimum atomic E-state index is 0.835. The summed E-state index contributed by atoms with van der Waals surface area (Å²) < 4.78 is 0. The number of hydrogen-bond donors (Lipinski definition) is 2. The molecule has 0 aliphatic rings. The summed E-state index contributed by atoms with van der Waals surface area (Å²) in [4.78, 5) is 1.32. The molecule has 0 aliphatic carbocycles. The van der Waals surface area contributed by atoms with Gasteiger partial charge >= 0.3 is 0 Å². The predicted octanol–water partition coefficient (Wildman–Crippen LogP) is 3.15. The fourth-order valence-electron chi connectivity index (χ4n) is 1.68. The molecule has 2 rings (SSSR count). The lowest BCUT2D eigenvalue weighted by molar-refractivity contribution is 0.733. The normalized spacial score (nSPS) is 10.4. The van der Waals surface area contributed by atoms with E-state index in [1.807, 2.05) is 36.0 Å². The first-order valence-electron chi connectivity index (χ1n) is 6.08. The number of benzene rings is 2. The largest absolute Gasteiger partial charge is 0.398 e. The van der Waals surface area contributed by atoms with Crippen molar-refractivity contribution in [2.75, 3.05) is 18.0 Å². The van der Waals surface area contributed by atoms with E-state index in [1.54, 1.807) is 0 Å². The van der Waals surface area contributed by atoms with E-state index >= 15 is 0 Å². The molecule has 0 saturated heterocycles. The van der Waals surface area contributed by atoms with Gasteiger partial charge in [0.15, 0.2) is 0 Å². The van der Waals surface area contributed by atoms with Crippen molar-refractivity contribution in [3.63, 3.8) is 0 Å². The molecule has 0 spiro atoms. The van der Waals surface area contributed by atoms with Crippen molar-refractivity contribution in [1.29, 1.82) is 0 Å². The van der Waals surface area contributed by atoms with Crippen molar-refractivity contribution in [1.82, 2.24) is 5.32 Å². The third-order valence-corrected chi connectivity index (χ3v) is 3.68. The van der Waals surface area contributed by atoms with Crippen molar-refractivity contribution in [2.45, 2.75) is 11.4 Å². The molecule has 0 heterocycles. The summed E-state index contributed by atoms with van der Waals surface area (Å²) in [6.07, 6.45) is 0. The van der Waals surface area contributed by atoms with Gasteiger partial charge in [-0.3, -0.25) is 0 Å². The molecule has 3 N–H and O–H groups in total. The molecule has 0 unspecified atom stereocenters. The second-order valence-electron chi connectivity index (χ2n) is 4.04. The minimum Gasteiger partial charge on any atom is -0.398 e. The molecule has 2 aromatic carbocycles. The van der Waals surface area contributed by atoms with E-state index in [0.29, 0.717) is 0 Å². The molecule has 0 saturated carbocycles. The van der Waals surface area contributed by atoms with Crippen LogP contribution in [0.25, 0.3) is 0 Å². The average molecular weight is 258 g/mol. The highest BCUT2D eigenvalue weighted by Gasteiger charge is 1.97. The molecule has 18 heavy (non-hydrogen) atoms. The van der Waals surface area contributed by atoms with Crippen molar-refractivity contribution >= 4 is 17.4 Å². The van der Waals surface area contributed by atoms with Crippen LogP contribution >= 0.6 is 11.8 Å². The number of rotatable bonds is 6. The van der Waals surface area contributed by atoms with E-state index in [-0.39, 0.29) is 0 Å². The van der Waals surface area contributed by atoms with Crippen LogP contribution < -0.4 is 11.1 Å². The maximum atomic E-state index is 5.88. The van der Waals surface area contributed by atoms with Crippen LogP contribution in [0.15, 0.2) is 59.5 Å². The summed E-state index contributed by atoms with van der Waals surface area (Å²) in [5, 5.41) is 3.41. The molecule has 2 nitrogen and oxygen atoms in total. The van der Waals surface area contributed by atoms with Crippen LogP contribution in [0.5, 0.6) is 0 Å². The summed E-state index contributed by atoms with van der Waals surface area (Å²) in [6, 6.07) is 18.4. The zero-order valence-corrected chi connectivity index (χ0v) is 11.1. The molecule has 0 radical (unpaired) electrons. The third kappa shape index (κ3) is 4.09. The highest BCUT2D eigenvalue weighted by atomic mass is 32.2. The monoisotopic (exact) mass is 258 g/mol. The Bertz CT molecular complexity index is 471. The van der Waals surface area contributed by atoms with Crippen molar-refractivity contribution in [3.05, 3.63) is 60.2 Å². The molecule has 0 atom stereocenters. The van der Waals surface area contributed by atoms with Gasteiger partial charge < -0.3 is 11.1 Å². The molecular weight excluding hydrogens is 240 g/mol. The Kier molecular flexibility index (Phi) is 5.12. The smallest absolute Gasteiger partial charge is 0.0359 e.